The molecular formula is C18H20ClF2N3O3. The monoisotopic (exact) mass is 399 g/mol. The van der Waals surface area contributed by atoms with Crippen LogP contribution in [0.1, 0.15) is 12.5 Å². The summed E-state index contributed by atoms with van der Waals surface area (Å²) in [5, 5.41) is 3.28. The topological polar surface area (TPSA) is 78.1 Å². The van der Waals surface area contributed by atoms with Crippen molar-refractivity contribution in [3.8, 4) is 17.2 Å². The van der Waals surface area contributed by atoms with E-state index >= 15 is 0 Å². The summed E-state index contributed by atoms with van der Waals surface area (Å²) in [6.45, 7) is -0.898. The molecule has 0 saturated carbocycles. The van der Waals surface area contributed by atoms with Gasteiger partial charge in [0, 0.05) is 11.3 Å². The predicted octanol–water partition coefficient (Wildman–Crippen LogP) is 4.28. The molecular weight excluding hydrogens is 380 g/mol. The SMILES string of the molecule is CCOc1cccc(CN=C(N)Nc2ccc(OC)c(Cl)c2)c1OC(F)F. The second-order valence-electron chi connectivity index (χ2n) is 5.23. The molecule has 6 nitrogen and oxygen atoms in total. The lowest BCUT2D eigenvalue weighted by molar-refractivity contribution is -0.0520. The van der Waals surface area contributed by atoms with Crippen molar-refractivity contribution in [2.24, 2.45) is 10.7 Å². The lowest BCUT2D eigenvalue weighted by Crippen LogP contribution is -2.22. The first-order valence-electron chi connectivity index (χ1n) is 8.04. The average Bonchev–Trinajstić information content (AvgIpc) is 2.62. The summed E-state index contributed by atoms with van der Waals surface area (Å²) in [6.07, 6.45) is 0. The molecule has 27 heavy (non-hydrogen) atoms. The molecule has 0 amide bonds. The molecule has 0 radical (unpaired) electrons. The average molecular weight is 400 g/mol. The van der Waals surface area contributed by atoms with Gasteiger partial charge in [-0.05, 0) is 31.2 Å². The Balaban J connectivity index is 2.16. The zero-order valence-corrected chi connectivity index (χ0v) is 15.6. The van der Waals surface area contributed by atoms with E-state index in [4.69, 9.17) is 26.8 Å². The van der Waals surface area contributed by atoms with E-state index < -0.39 is 6.61 Å². The zero-order valence-electron chi connectivity index (χ0n) is 14.8. The van der Waals surface area contributed by atoms with Crippen LogP contribution in [-0.2, 0) is 6.54 Å². The van der Waals surface area contributed by atoms with Crippen LogP contribution in [0.5, 0.6) is 17.2 Å². The van der Waals surface area contributed by atoms with E-state index in [0.29, 0.717) is 28.6 Å². The standard InChI is InChI=1S/C18H20ClF2N3O3/c1-3-26-15-6-4-5-11(16(15)27-17(20)21)10-23-18(22)24-12-7-8-14(25-2)13(19)9-12/h4-9,17H,3,10H2,1-2H3,(H3,22,23,24). The number of rotatable bonds is 8. The Hall–Kier alpha value is -2.74. The number of anilines is 1. The molecule has 0 atom stereocenters. The number of alkyl halides is 2. The molecule has 0 unspecified atom stereocenters. The lowest BCUT2D eigenvalue weighted by Gasteiger charge is -2.14. The molecule has 0 aliphatic rings. The number of nitrogens with one attached hydrogen (secondary N) is 1. The third kappa shape index (κ3) is 5.89. The maximum Gasteiger partial charge on any atom is 0.387 e. The van der Waals surface area contributed by atoms with Gasteiger partial charge in [-0.2, -0.15) is 8.78 Å². The Morgan fingerprint density at radius 2 is 2.04 bits per heavy atom. The van der Waals surface area contributed by atoms with Crippen molar-refractivity contribution >= 4 is 23.2 Å². The maximum absolute atomic E-state index is 12.7. The van der Waals surface area contributed by atoms with Gasteiger partial charge in [0.15, 0.2) is 17.5 Å². The first kappa shape index (κ1) is 20.6. The number of halogens is 3. The highest BCUT2D eigenvalue weighted by Crippen LogP contribution is 2.33. The molecule has 0 aromatic heterocycles. The molecule has 3 N–H and O–H groups in total. The summed E-state index contributed by atoms with van der Waals surface area (Å²) in [6, 6.07) is 9.85. The van der Waals surface area contributed by atoms with Crippen LogP contribution < -0.4 is 25.3 Å². The van der Waals surface area contributed by atoms with E-state index in [0.717, 1.165) is 0 Å². The van der Waals surface area contributed by atoms with Gasteiger partial charge in [-0.25, -0.2) is 4.99 Å². The molecule has 2 rings (SSSR count). The first-order chi connectivity index (χ1) is 12.9. The normalized spacial score (nSPS) is 11.4. The molecule has 9 heteroatoms. The number of ether oxygens (including phenoxy) is 3. The fourth-order valence-corrected chi connectivity index (χ4v) is 2.54. The third-order valence-corrected chi connectivity index (χ3v) is 3.71. The molecule has 0 heterocycles. The molecule has 0 aliphatic heterocycles. The Kier molecular flexibility index (Phi) is 7.48. The zero-order chi connectivity index (χ0) is 19.8. The van der Waals surface area contributed by atoms with Gasteiger partial charge in [-0.1, -0.05) is 23.7 Å². The van der Waals surface area contributed by atoms with Gasteiger partial charge in [0.05, 0.1) is 25.3 Å². The predicted molar refractivity (Wildman–Crippen MR) is 101 cm³/mol. The second-order valence-corrected chi connectivity index (χ2v) is 5.64. The Bertz CT molecular complexity index is 803. The quantitative estimate of drug-likeness (QED) is 0.512. The van der Waals surface area contributed by atoms with Crippen LogP contribution in [0.4, 0.5) is 14.5 Å². The molecule has 146 valence electrons. The van der Waals surface area contributed by atoms with Crippen molar-refractivity contribution in [2.45, 2.75) is 20.1 Å². The van der Waals surface area contributed by atoms with E-state index in [1.807, 2.05) is 0 Å². The Labute approximate surface area is 160 Å². The Morgan fingerprint density at radius 3 is 2.67 bits per heavy atom. The minimum absolute atomic E-state index is 0.0195. The summed E-state index contributed by atoms with van der Waals surface area (Å²) in [5.74, 6) is 0.776. The number of benzene rings is 2. The van der Waals surface area contributed by atoms with Gasteiger partial charge in [0.2, 0.25) is 0 Å². The maximum atomic E-state index is 12.7. The molecule has 0 aliphatic carbocycles. The van der Waals surface area contributed by atoms with E-state index in [2.05, 4.69) is 15.0 Å². The summed E-state index contributed by atoms with van der Waals surface area (Å²) in [5.41, 5.74) is 6.89. The fourth-order valence-electron chi connectivity index (χ4n) is 2.28. The minimum Gasteiger partial charge on any atom is -0.495 e. The number of aliphatic imine (C=N–C) groups is 1. The van der Waals surface area contributed by atoms with E-state index in [9.17, 15) is 8.78 Å². The third-order valence-electron chi connectivity index (χ3n) is 3.41. The van der Waals surface area contributed by atoms with Crippen LogP contribution in [-0.4, -0.2) is 26.3 Å². The molecule has 0 bridgehead atoms. The highest BCUT2D eigenvalue weighted by atomic mass is 35.5. The van der Waals surface area contributed by atoms with Crippen LogP contribution in [0.3, 0.4) is 0 Å². The highest BCUT2D eigenvalue weighted by Gasteiger charge is 2.15. The number of methoxy groups -OCH3 is 1. The minimum atomic E-state index is -2.98. The number of hydrogen-bond donors (Lipinski definition) is 2. The van der Waals surface area contributed by atoms with Crippen molar-refractivity contribution in [1.82, 2.24) is 0 Å². The van der Waals surface area contributed by atoms with Crippen molar-refractivity contribution in [1.29, 1.82) is 0 Å². The van der Waals surface area contributed by atoms with Gasteiger partial charge in [-0.15, -0.1) is 0 Å². The summed E-state index contributed by atoms with van der Waals surface area (Å²) >= 11 is 6.06. The second kappa shape index (κ2) is 9.82. The highest BCUT2D eigenvalue weighted by molar-refractivity contribution is 6.32. The van der Waals surface area contributed by atoms with Crippen molar-refractivity contribution < 1.29 is 23.0 Å². The van der Waals surface area contributed by atoms with Gasteiger partial charge in [-0.3, -0.25) is 0 Å². The van der Waals surface area contributed by atoms with Gasteiger partial charge >= 0.3 is 6.61 Å². The van der Waals surface area contributed by atoms with Crippen LogP contribution in [0.2, 0.25) is 5.02 Å². The van der Waals surface area contributed by atoms with Crippen LogP contribution in [0, 0.1) is 0 Å². The number of nitrogens with two attached hydrogens (primary N) is 1. The van der Waals surface area contributed by atoms with Crippen molar-refractivity contribution in [3.05, 3.63) is 47.0 Å². The molecule has 2 aromatic carbocycles. The summed E-state index contributed by atoms with van der Waals surface area (Å²) < 4.78 is 40.5. The number of hydrogen-bond acceptors (Lipinski definition) is 4. The lowest BCUT2D eigenvalue weighted by atomic mass is 10.2. The summed E-state index contributed by atoms with van der Waals surface area (Å²) in [7, 11) is 1.51. The van der Waals surface area contributed by atoms with Crippen LogP contribution >= 0.6 is 11.6 Å². The van der Waals surface area contributed by atoms with Gasteiger partial charge in [0.25, 0.3) is 0 Å². The van der Waals surface area contributed by atoms with Gasteiger partial charge in [0.1, 0.15) is 5.75 Å². The van der Waals surface area contributed by atoms with Crippen molar-refractivity contribution in [2.75, 3.05) is 19.0 Å². The smallest absolute Gasteiger partial charge is 0.387 e. The first-order valence-corrected chi connectivity index (χ1v) is 8.42. The van der Waals surface area contributed by atoms with Gasteiger partial charge < -0.3 is 25.3 Å². The molecule has 2 aromatic rings. The Morgan fingerprint density at radius 1 is 1.26 bits per heavy atom. The molecule has 0 saturated heterocycles. The largest absolute Gasteiger partial charge is 0.495 e. The van der Waals surface area contributed by atoms with Crippen LogP contribution in [0.25, 0.3) is 0 Å². The number of nitrogens with zero attached hydrogens (tertiary/aromatic N) is 1. The number of guanidine groups is 1. The van der Waals surface area contributed by atoms with E-state index in [-0.39, 0.29) is 24.0 Å². The number of para-hydroxylation sites is 1. The molecule has 0 fully saturated rings. The van der Waals surface area contributed by atoms with Crippen LogP contribution in [0.15, 0.2) is 41.4 Å². The van der Waals surface area contributed by atoms with Crippen molar-refractivity contribution in [3.63, 3.8) is 0 Å². The summed E-state index contributed by atoms with van der Waals surface area (Å²) in [4.78, 5) is 4.16. The fraction of sp³-hybridized carbons (Fsp3) is 0.278. The van der Waals surface area contributed by atoms with E-state index in [1.165, 1.54) is 7.11 Å². The van der Waals surface area contributed by atoms with E-state index in [1.54, 1.807) is 43.3 Å². The molecule has 0 spiro atoms.